The third-order valence-electron chi connectivity index (χ3n) is 5.58. The van der Waals surface area contributed by atoms with Crippen LogP contribution in [0.3, 0.4) is 0 Å². The number of hydrogen-bond acceptors (Lipinski definition) is 2. The Morgan fingerprint density at radius 2 is 1.44 bits per heavy atom. The lowest BCUT2D eigenvalue weighted by Gasteiger charge is -2.32. The molecule has 0 bridgehead atoms. The second-order valence-electron chi connectivity index (χ2n) is 9.11. The lowest BCUT2D eigenvalue weighted by Crippen LogP contribution is -2.39. The highest BCUT2D eigenvalue weighted by molar-refractivity contribution is 5.93. The summed E-state index contributed by atoms with van der Waals surface area (Å²) in [5, 5.41) is 3.86. The number of rotatable bonds is 12. The molecule has 0 fully saturated rings. The van der Waals surface area contributed by atoms with Crippen LogP contribution in [0.1, 0.15) is 117 Å². The molecule has 0 unspecified atom stereocenters. The zero-order chi connectivity index (χ0) is 20.4. The minimum Gasteiger partial charge on any atom is -0.374 e. The molecule has 1 rings (SSSR count). The van der Waals surface area contributed by atoms with Gasteiger partial charge in [0.2, 0.25) is 0 Å². The van der Waals surface area contributed by atoms with Crippen molar-refractivity contribution >= 4 is 11.4 Å². The molecule has 0 aliphatic rings. The van der Waals surface area contributed by atoms with E-state index in [-0.39, 0.29) is 5.54 Å². The molecule has 0 heterocycles. The zero-order valence-corrected chi connectivity index (χ0v) is 19.3. The van der Waals surface area contributed by atoms with Gasteiger partial charge < -0.3 is 5.32 Å². The number of hydrogen-bond donors (Lipinski definition) is 1. The monoisotopic (exact) mass is 372 g/mol. The van der Waals surface area contributed by atoms with E-state index in [0.29, 0.717) is 11.8 Å². The molecule has 154 valence electrons. The quantitative estimate of drug-likeness (QED) is 0.292. The molecule has 0 aromatic heterocycles. The number of nitrogens with zero attached hydrogens (tertiary/aromatic N) is 1. The number of nitrogens with one attached hydrogen (secondary N) is 1. The standard InChI is InChI=1S/C25H44N2/c1-9-10-11-12-13-14-18-26-21(6)25(7,8)27-24-22(19(2)3)16-15-17-23(24)20(4)5/h15-17,19-20,27H,9-14,18H2,1-8H3/b26-21-. The lowest BCUT2D eigenvalue weighted by atomic mass is 9.90. The van der Waals surface area contributed by atoms with E-state index in [1.165, 1.54) is 61.1 Å². The van der Waals surface area contributed by atoms with Crippen LogP contribution in [-0.4, -0.2) is 17.8 Å². The van der Waals surface area contributed by atoms with E-state index in [1.54, 1.807) is 0 Å². The van der Waals surface area contributed by atoms with Crippen molar-refractivity contribution in [1.82, 2.24) is 0 Å². The summed E-state index contributed by atoms with van der Waals surface area (Å²) in [4.78, 5) is 4.91. The predicted molar refractivity (Wildman–Crippen MR) is 124 cm³/mol. The highest BCUT2D eigenvalue weighted by Gasteiger charge is 2.25. The highest BCUT2D eigenvalue weighted by atomic mass is 15.0. The van der Waals surface area contributed by atoms with Gasteiger partial charge in [0.25, 0.3) is 0 Å². The van der Waals surface area contributed by atoms with Gasteiger partial charge in [-0.3, -0.25) is 4.99 Å². The fraction of sp³-hybridized carbons (Fsp3) is 0.720. The van der Waals surface area contributed by atoms with Gasteiger partial charge in [-0.1, -0.05) is 84.9 Å². The maximum absolute atomic E-state index is 4.91. The Labute approximate surface area is 169 Å². The van der Waals surface area contributed by atoms with Crippen molar-refractivity contribution in [2.24, 2.45) is 4.99 Å². The van der Waals surface area contributed by atoms with Gasteiger partial charge in [0.1, 0.15) is 0 Å². The number of unbranched alkanes of at least 4 members (excludes halogenated alkanes) is 5. The van der Waals surface area contributed by atoms with Crippen LogP contribution in [0.4, 0.5) is 5.69 Å². The first-order valence-electron chi connectivity index (χ1n) is 11.1. The molecule has 0 amide bonds. The maximum atomic E-state index is 4.91. The van der Waals surface area contributed by atoms with Crippen LogP contribution < -0.4 is 5.32 Å². The van der Waals surface area contributed by atoms with Crippen LogP contribution in [-0.2, 0) is 0 Å². The third-order valence-corrected chi connectivity index (χ3v) is 5.58. The summed E-state index contributed by atoms with van der Waals surface area (Å²) in [6, 6.07) is 6.72. The molecule has 2 heteroatoms. The molecule has 1 aromatic carbocycles. The first kappa shape index (κ1) is 23.7. The van der Waals surface area contributed by atoms with E-state index in [9.17, 15) is 0 Å². The summed E-state index contributed by atoms with van der Waals surface area (Å²) in [6.45, 7) is 19.0. The van der Waals surface area contributed by atoms with Gasteiger partial charge >= 0.3 is 0 Å². The topological polar surface area (TPSA) is 24.4 Å². The van der Waals surface area contributed by atoms with Gasteiger partial charge in [-0.25, -0.2) is 0 Å². The van der Waals surface area contributed by atoms with Crippen molar-refractivity contribution in [3.8, 4) is 0 Å². The van der Waals surface area contributed by atoms with E-state index in [4.69, 9.17) is 4.99 Å². The van der Waals surface area contributed by atoms with Crippen molar-refractivity contribution in [3.63, 3.8) is 0 Å². The molecule has 1 N–H and O–H groups in total. The van der Waals surface area contributed by atoms with Crippen LogP contribution in [0.15, 0.2) is 23.2 Å². The zero-order valence-electron chi connectivity index (χ0n) is 19.3. The number of benzene rings is 1. The number of anilines is 1. The minimum atomic E-state index is -0.142. The van der Waals surface area contributed by atoms with Gasteiger partial charge in [-0.15, -0.1) is 0 Å². The molecule has 2 nitrogen and oxygen atoms in total. The molecule has 1 aromatic rings. The van der Waals surface area contributed by atoms with E-state index in [2.05, 4.69) is 78.9 Å². The van der Waals surface area contributed by atoms with Crippen LogP contribution in [0.25, 0.3) is 0 Å². The normalized spacial score (nSPS) is 12.9. The summed E-state index contributed by atoms with van der Waals surface area (Å²) in [5.74, 6) is 1.00. The molecule has 0 radical (unpaired) electrons. The summed E-state index contributed by atoms with van der Waals surface area (Å²) in [7, 11) is 0. The average molecular weight is 373 g/mol. The molecule has 27 heavy (non-hydrogen) atoms. The van der Waals surface area contributed by atoms with Crippen LogP contribution in [0.5, 0.6) is 0 Å². The molecular weight excluding hydrogens is 328 g/mol. The van der Waals surface area contributed by atoms with Crippen molar-refractivity contribution in [2.45, 2.75) is 111 Å². The fourth-order valence-corrected chi connectivity index (χ4v) is 3.43. The van der Waals surface area contributed by atoms with Crippen LogP contribution >= 0.6 is 0 Å². The first-order chi connectivity index (χ1) is 12.7. The smallest absolute Gasteiger partial charge is 0.0693 e. The van der Waals surface area contributed by atoms with Gasteiger partial charge in [-0.05, 0) is 50.2 Å². The molecule has 0 aliphatic heterocycles. The summed E-state index contributed by atoms with van der Waals surface area (Å²) >= 11 is 0. The second-order valence-corrected chi connectivity index (χ2v) is 9.11. The van der Waals surface area contributed by atoms with Crippen LogP contribution in [0.2, 0.25) is 0 Å². The van der Waals surface area contributed by atoms with Gasteiger partial charge in [-0.2, -0.15) is 0 Å². The first-order valence-corrected chi connectivity index (χ1v) is 11.1. The van der Waals surface area contributed by atoms with Crippen molar-refractivity contribution < 1.29 is 0 Å². The predicted octanol–water partition coefficient (Wildman–Crippen LogP) is 7.95. The van der Waals surface area contributed by atoms with Crippen LogP contribution in [0, 0.1) is 0 Å². The average Bonchev–Trinajstić information content (AvgIpc) is 2.60. The Morgan fingerprint density at radius 3 is 1.96 bits per heavy atom. The highest BCUT2D eigenvalue weighted by Crippen LogP contribution is 2.34. The summed E-state index contributed by atoms with van der Waals surface area (Å²) in [5.41, 5.74) is 5.17. The van der Waals surface area contributed by atoms with Crippen molar-refractivity contribution in [3.05, 3.63) is 29.3 Å². The van der Waals surface area contributed by atoms with Gasteiger partial charge in [0.15, 0.2) is 0 Å². The van der Waals surface area contributed by atoms with E-state index < -0.39 is 0 Å². The summed E-state index contributed by atoms with van der Waals surface area (Å²) < 4.78 is 0. The summed E-state index contributed by atoms with van der Waals surface area (Å²) in [6.07, 6.45) is 7.91. The molecule has 0 saturated heterocycles. The minimum absolute atomic E-state index is 0.142. The van der Waals surface area contributed by atoms with E-state index in [1.807, 2.05) is 0 Å². The third kappa shape index (κ3) is 7.68. The maximum Gasteiger partial charge on any atom is 0.0693 e. The van der Waals surface area contributed by atoms with Crippen molar-refractivity contribution in [1.29, 1.82) is 0 Å². The Morgan fingerprint density at radius 1 is 0.926 bits per heavy atom. The lowest BCUT2D eigenvalue weighted by molar-refractivity contribution is 0.610. The molecular formula is C25H44N2. The number of aliphatic imine (C=N–C) groups is 1. The Bertz CT molecular complexity index is 556. The van der Waals surface area contributed by atoms with Crippen molar-refractivity contribution in [2.75, 3.05) is 11.9 Å². The van der Waals surface area contributed by atoms with E-state index >= 15 is 0 Å². The SMILES string of the molecule is CCCCCCCC/N=C(/C)C(C)(C)Nc1c(C(C)C)cccc1C(C)C. The number of para-hydroxylation sites is 1. The Kier molecular flexibility index (Phi) is 10.1. The molecule has 0 saturated carbocycles. The molecule has 0 atom stereocenters. The van der Waals surface area contributed by atoms with E-state index in [0.717, 1.165) is 6.54 Å². The molecule has 0 spiro atoms. The van der Waals surface area contributed by atoms with Gasteiger partial charge in [0, 0.05) is 17.9 Å². The van der Waals surface area contributed by atoms with Gasteiger partial charge in [0.05, 0.1) is 5.54 Å². The Balaban J connectivity index is 2.82. The second kappa shape index (κ2) is 11.5. The largest absolute Gasteiger partial charge is 0.374 e. The fourth-order valence-electron chi connectivity index (χ4n) is 3.43. The molecule has 0 aliphatic carbocycles. The Hall–Kier alpha value is -1.31.